The van der Waals surface area contributed by atoms with Gasteiger partial charge in [-0.25, -0.2) is 14.8 Å². The van der Waals surface area contributed by atoms with E-state index in [2.05, 4.69) is 29.4 Å². The topological polar surface area (TPSA) is 97.6 Å². The van der Waals surface area contributed by atoms with E-state index >= 15 is 0 Å². The molecule has 8 heteroatoms. The monoisotopic (exact) mass is 470 g/mol. The first-order valence-electron chi connectivity index (χ1n) is 11.7. The van der Waals surface area contributed by atoms with E-state index in [9.17, 15) is 9.59 Å². The fourth-order valence-corrected chi connectivity index (χ4v) is 4.46. The summed E-state index contributed by atoms with van der Waals surface area (Å²) in [5, 5.41) is 3.92. The van der Waals surface area contributed by atoms with Crippen molar-refractivity contribution in [1.29, 1.82) is 0 Å². The van der Waals surface area contributed by atoms with Crippen LogP contribution in [0.1, 0.15) is 29.8 Å². The number of Topliss-reactive ketones (excluding diaryl/α,β-unsaturated/α-hetero) is 1. The van der Waals surface area contributed by atoms with Crippen molar-refractivity contribution in [2.75, 3.05) is 36.5 Å². The molecular formula is C27H26N4O4. The van der Waals surface area contributed by atoms with E-state index in [4.69, 9.17) is 14.1 Å². The molecule has 35 heavy (non-hydrogen) atoms. The van der Waals surface area contributed by atoms with Gasteiger partial charge >= 0.3 is 5.63 Å². The lowest BCUT2D eigenvalue weighted by molar-refractivity contribution is 0.101. The van der Waals surface area contributed by atoms with Gasteiger partial charge in [0.2, 0.25) is 5.95 Å². The Balaban J connectivity index is 1.53. The zero-order valence-electron chi connectivity index (χ0n) is 19.7. The summed E-state index contributed by atoms with van der Waals surface area (Å²) in [4.78, 5) is 36.2. The van der Waals surface area contributed by atoms with Crippen molar-refractivity contribution in [1.82, 2.24) is 9.97 Å². The quantitative estimate of drug-likeness (QED) is 0.323. The number of benzene rings is 2. The second kappa shape index (κ2) is 9.68. The van der Waals surface area contributed by atoms with E-state index < -0.39 is 5.63 Å². The molecule has 1 aliphatic rings. The molecule has 1 fully saturated rings. The van der Waals surface area contributed by atoms with Gasteiger partial charge < -0.3 is 19.4 Å². The summed E-state index contributed by atoms with van der Waals surface area (Å²) in [6.45, 7) is 5.77. The van der Waals surface area contributed by atoms with E-state index in [1.54, 1.807) is 12.3 Å². The zero-order chi connectivity index (χ0) is 24.4. The summed E-state index contributed by atoms with van der Waals surface area (Å²) in [5.74, 6) is 0.116. The highest BCUT2D eigenvalue weighted by molar-refractivity contribution is 6.07. The van der Waals surface area contributed by atoms with Crippen LogP contribution in [0.5, 0.6) is 0 Å². The highest BCUT2D eigenvalue weighted by atomic mass is 16.5. The molecule has 178 valence electrons. The Hall–Kier alpha value is -4.04. The largest absolute Gasteiger partial charge is 0.422 e. The molecule has 4 aromatic rings. The van der Waals surface area contributed by atoms with Crippen LogP contribution in [-0.2, 0) is 11.2 Å². The van der Waals surface area contributed by atoms with Crippen LogP contribution in [0.15, 0.2) is 63.9 Å². The molecule has 5 rings (SSSR count). The third kappa shape index (κ3) is 4.52. The zero-order valence-corrected chi connectivity index (χ0v) is 19.7. The summed E-state index contributed by atoms with van der Waals surface area (Å²) in [6.07, 6.45) is 2.62. The Morgan fingerprint density at radius 1 is 1.11 bits per heavy atom. The molecule has 1 saturated heterocycles. The highest BCUT2D eigenvalue weighted by Gasteiger charge is 2.24. The maximum Gasteiger partial charge on any atom is 0.349 e. The van der Waals surface area contributed by atoms with Crippen molar-refractivity contribution < 1.29 is 13.9 Å². The first kappa shape index (κ1) is 22.7. The van der Waals surface area contributed by atoms with Crippen LogP contribution in [0.2, 0.25) is 0 Å². The van der Waals surface area contributed by atoms with E-state index in [0.29, 0.717) is 54.6 Å². The van der Waals surface area contributed by atoms with E-state index in [1.807, 2.05) is 35.2 Å². The lowest BCUT2D eigenvalue weighted by Crippen LogP contribution is -2.38. The number of nitrogens with zero attached hydrogens (tertiary/aromatic N) is 3. The number of hydrogen-bond donors (Lipinski definition) is 1. The Labute approximate surface area is 202 Å². The van der Waals surface area contributed by atoms with Gasteiger partial charge in [0.1, 0.15) is 11.1 Å². The van der Waals surface area contributed by atoms with Gasteiger partial charge in [-0.3, -0.25) is 4.79 Å². The number of aryl methyl sites for hydroxylation is 1. The van der Waals surface area contributed by atoms with Crippen molar-refractivity contribution >= 4 is 34.1 Å². The Bertz CT molecular complexity index is 1460. The number of carbonyl (C=O) groups is 1. The van der Waals surface area contributed by atoms with E-state index in [-0.39, 0.29) is 11.3 Å². The van der Waals surface area contributed by atoms with Crippen LogP contribution in [0, 0.1) is 0 Å². The Morgan fingerprint density at radius 3 is 2.69 bits per heavy atom. The van der Waals surface area contributed by atoms with Gasteiger partial charge in [-0.1, -0.05) is 31.2 Å². The normalized spacial score (nSPS) is 13.7. The Morgan fingerprint density at radius 2 is 1.91 bits per heavy atom. The number of morpholine rings is 1. The fourth-order valence-electron chi connectivity index (χ4n) is 4.46. The number of aromatic nitrogens is 2. The third-order valence-electron chi connectivity index (χ3n) is 6.15. The average Bonchev–Trinajstić information content (AvgIpc) is 2.88. The summed E-state index contributed by atoms with van der Waals surface area (Å²) in [6, 6.07) is 15.5. The summed E-state index contributed by atoms with van der Waals surface area (Å²) < 4.78 is 11.0. The molecule has 8 nitrogen and oxygen atoms in total. The molecule has 3 heterocycles. The van der Waals surface area contributed by atoms with Crippen LogP contribution in [-0.4, -0.2) is 42.1 Å². The number of nitrogens with one attached hydrogen (secondary N) is 1. The molecule has 0 radical (unpaired) electrons. The maximum atomic E-state index is 12.8. The van der Waals surface area contributed by atoms with Gasteiger partial charge in [-0.05, 0) is 37.1 Å². The minimum atomic E-state index is -0.641. The molecule has 0 bridgehead atoms. The fraction of sp³-hybridized carbons (Fsp3) is 0.259. The van der Waals surface area contributed by atoms with Crippen LogP contribution >= 0.6 is 0 Å². The molecule has 1 N–H and O–H groups in total. The average molecular weight is 471 g/mol. The second-order valence-electron chi connectivity index (χ2n) is 8.38. The second-order valence-corrected chi connectivity index (χ2v) is 8.38. The minimum absolute atomic E-state index is 0.0748. The predicted octanol–water partition coefficient (Wildman–Crippen LogP) is 4.60. The minimum Gasteiger partial charge on any atom is -0.422 e. The first-order valence-corrected chi connectivity index (χ1v) is 11.7. The number of fused-ring (bicyclic) bond motifs is 1. The number of ketones is 1. The molecule has 0 saturated carbocycles. The molecule has 0 spiro atoms. The lowest BCUT2D eigenvalue weighted by Gasteiger charge is -2.30. The van der Waals surface area contributed by atoms with Crippen molar-refractivity contribution in [3.05, 3.63) is 76.3 Å². The van der Waals surface area contributed by atoms with Crippen molar-refractivity contribution in [3.63, 3.8) is 0 Å². The number of rotatable bonds is 6. The molecule has 0 amide bonds. The molecular weight excluding hydrogens is 444 g/mol. The smallest absolute Gasteiger partial charge is 0.349 e. The maximum absolute atomic E-state index is 12.8. The summed E-state index contributed by atoms with van der Waals surface area (Å²) in [7, 11) is 0. The van der Waals surface area contributed by atoms with Crippen LogP contribution in [0.4, 0.5) is 17.3 Å². The molecule has 0 atom stereocenters. The van der Waals surface area contributed by atoms with Gasteiger partial charge in [0.15, 0.2) is 5.78 Å². The number of carbonyl (C=O) groups excluding carboxylic acids is 1. The number of ether oxygens (including phenoxy) is 1. The van der Waals surface area contributed by atoms with Crippen molar-refractivity contribution in [2.24, 2.45) is 0 Å². The van der Waals surface area contributed by atoms with E-state index in [1.165, 1.54) is 12.5 Å². The van der Waals surface area contributed by atoms with Gasteiger partial charge in [0, 0.05) is 42.0 Å². The predicted molar refractivity (Wildman–Crippen MR) is 136 cm³/mol. The Kier molecular flexibility index (Phi) is 6.29. The van der Waals surface area contributed by atoms with Crippen LogP contribution < -0.4 is 15.8 Å². The lowest BCUT2D eigenvalue weighted by atomic mass is 10.0. The molecule has 2 aromatic heterocycles. The van der Waals surface area contributed by atoms with Crippen molar-refractivity contribution in [3.8, 4) is 11.3 Å². The van der Waals surface area contributed by atoms with Crippen LogP contribution in [0.25, 0.3) is 22.2 Å². The molecule has 2 aromatic carbocycles. The van der Waals surface area contributed by atoms with Gasteiger partial charge in [0.25, 0.3) is 0 Å². The SMILES string of the molecule is CCc1ccccc1-c1ccnc(Nc2ccc3c(N4CCOCC4)c(C(C)=O)c(=O)oc3c2)n1. The summed E-state index contributed by atoms with van der Waals surface area (Å²) >= 11 is 0. The number of anilines is 3. The molecule has 1 aliphatic heterocycles. The van der Waals surface area contributed by atoms with Gasteiger partial charge in [0.05, 0.1) is 24.6 Å². The molecule has 0 aliphatic carbocycles. The molecule has 0 unspecified atom stereocenters. The number of hydrogen-bond acceptors (Lipinski definition) is 8. The van der Waals surface area contributed by atoms with E-state index in [0.717, 1.165) is 17.7 Å². The van der Waals surface area contributed by atoms with Crippen molar-refractivity contribution in [2.45, 2.75) is 20.3 Å². The highest BCUT2D eigenvalue weighted by Crippen LogP contribution is 2.32. The summed E-state index contributed by atoms with van der Waals surface area (Å²) in [5.41, 5.74) is 4.20. The third-order valence-corrected chi connectivity index (χ3v) is 6.15. The first-order chi connectivity index (χ1) is 17.0. The van der Waals surface area contributed by atoms with Crippen LogP contribution in [0.3, 0.4) is 0 Å². The standard InChI is InChI=1S/C27H26N4O4/c1-3-18-6-4-5-7-20(18)22-10-11-28-27(30-22)29-19-8-9-21-23(16-19)35-26(33)24(17(2)32)25(21)31-12-14-34-15-13-31/h4-11,16H,3,12-15H2,1-2H3,(H,28,29,30). The van der Waals surface area contributed by atoms with Gasteiger partial charge in [-0.15, -0.1) is 0 Å². The van der Waals surface area contributed by atoms with Gasteiger partial charge in [-0.2, -0.15) is 0 Å².